The molecule has 3 N–H and O–H groups in total. The van der Waals surface area contributed by atoms with E-state index < -0.39 is 33.2 Å². The Balaban J connectivity index is 3.34. The van der Waals surface area contributed by atoms with Gasteiger partial charge in [-0.1, -0.05) is 0 Å². The van der Waals surface area contributed by atoms with Gasteiger partial charge in [0.1, 0.15) is 11.6 Å². The maximum Gasteiger partial charge on any atom is 0.248 e. The first kappa shape index (κ1) is 13.8. The molecular formula is C9H12F2N2O3S. The van der Waals surface area contributed by atoms with Crippen molar-refractivity contribution < 1.29 is 22.3 Å². The lowest BCUT2D eigenvalue weighted by Crippen LogP contribution is -2.31. The first-order valence-electron chi connectivity index (χ1n) is 4.62. The van der Waals surface area contributed by atoms with E-state index in [9.17, 15) is 17.2 Å². The molecule has 0 aliphatic carbocycles. The second kappa shape index (κ2) is 4.94. The number of benzene rings is 1. The molecule has 5 nitrogen and oxygen atoms in total. The summed E-state index contributed by atoms with van der Waals surface area (Å²) in [7, 11) is -3.20. The molecule has 96 valence electrons. The average Bonchev–Trinajstić information content (AvgIpc) is 2.15. The number of likely N-dealkylation sites (N-methyl/N-ethyl adjacent to an activating group) is 1. The summed E-state index contributed by atoms with van der Waals surface area (Å²) in [4.78, 5) is -1.07. The summed E-state index contributed by atoms with van der Waals surface area (Å²) in [5.74, 6) is -2.51. The maximum absolute atomic E-state index is 13.4. The molecule has 0 spiro atoms. The molecular weight excluding hydrogens is 254 g/mol. The van der Waals surface area contributed by atoms with Gasteiger partial charge in [-0.2, -0.15) is 4.31 Å². The third-order valence-electron chi connectivity index (χ3n) is 2.10. The second-order valence-electron chi connectivity index (χ2n) is 3.36. The van der Waals surface area contributed by atoms with Crippen LogP contribution in [0.1, 0.15) is 0 Å². The van der Waals surface area contributed by atoms with Gasteiger partial charge in [0.25, 0.3) is 0 Å². The van der Waals surface area contributed by atoms with E-state index in [0.29, 0.717) is 4.31 Å². The van der Waals surface area contributed by atoms with E-state index in [2.05, 4.69) is 0 Å². The molecule has 0 saturated carbocycles. The first-order chi connectivity index (χ1) is 7.80. The zero-order chi connectivity index (χ0) is 13.2. The lowest BCUT2D eigenvalue weighted by Gasteiger charge is -2.16. The summed E-state index contributed by atoms with van der Waals surface area (Å²) < 4.78 is 51.0. The van der Waals surface area contributed by atoms with Crippen molar-refractivity contribution in [3.8, 4) is 0 Å². The predicted molar refractivity (Wildman–Crippen MR) is 57.7 cm³/mol. The van der Waals surface area contributed by atoms with Crippen molar-refractivity contribution in [2.24, 2.45) is 0 Å². The SMILES string of the molecule is CN(CCO)S(=O)(=O)c1c(F)cc(N)cc1F. The highest BCUT2D eigenvalue weighted by atomic mass is 32.2. The van der Waals surface area contributed by atoms with Crippen LogP contribution in [0, 0.1) is 11.6 Å². The van der Waals surface area contributed by atoms with Crippen LogP contribution in [0.15, 0.2) is 17.0 Å². The smallest absolute Gasteiger partial charge is 0.248 e. The van der Waals surface area contributed by atoms with Crippen LogP contribution < -0.4 is 5.73 Å². The number of sulfonamides is 1. The van der Waals surface area contributed by atoms with Crippen molar-refractivity contribution in [1.82, 2.24) is 4.31 Å². The van der Waals surface area contributed by atoms with Crippen LogP contribution in [0.25, 0.3) is 0 Å². The Hall–Kier alpha value is -1.25. The lowest BCUT2D eigenvalue weighted by molar-refractivity contribution is 0.266. The molecule has 8 heteroatoms. The summed E-state index contributed by atoms with van der Waals surface area (Å²) >= 11 is 0. The zero-order valence-corrected chi connectivity index (χ0v) is 9.84. The van der Waals surface area contributed by atoms with Gasteiger partial charge in [-0.3, -0.25) is 0 Å². The average molecular weight is 266 g/mol. The topological polar surface area (TPSA) is 83.6 Å². The summed E-state index contributed by atoms with van der Waals surface area (Å²) in [6.07, 6.45) is 0. The molecule has 0 radical (unpaired) electrons. The minimum Gasteiger partial charge on any atom is -0.399 e. The molecule has 1 rings (SSSR count). The largest absolute Gasteiger partial charge is 0.399 e. The first-order valence-corrected chi connectivity index (χ1v) is 6.06. The van der Waals surface area contributed by atoms with Gasteiger partial charge in [0, 0.05) is 19.3 Å². The highest BCUT2D eigenvalue weighted by Crippen LogP contribution is 2.24. The van der Waals surface area contributed by atoms with E-state index in [-0.39, 0.29) is 12.2 Å². The molecule has 1 aromatic rings. The van der Waals surface area contributed by atoms with Crippen LogP contribution in [0.3, 0.4) is 0 Å². The highest BCUT2D eigenvalue weighted by molar-refractivity contribution is 7.89. The molecule has 0 fully saturated rings. The summed E-state index contributed by atoms with van der Waals surface area (Å²) in [6.45, 7) is -0.709. The molecule has 0 aliphatic heterocycles. The van der Waals surface area contributed by atoms with Gasteiger partial charge in [-0.15, -0.1) is 0 Å². The minimum absolute atomic E-state index is 0.205. The fourth-order valence-electron chi connectivity index (χ4n) is 1.24. The van der Waals surface area contributed by atoms with Gasteiger partial charge in [-0.05, 0) is 12.1 Å². The molecule has 0 amide bonds. The molecule has 0 saturated heterocycles. The fraction of sp³-hybridized carbons (Fsp3) is 0.333. The monoisotopic (exact) mass is 266 g/mol. The molecule has 0 bridgehead atoms. The maximum atomic E-state index is 13.4. The second-order valence-corrected chi connectivity index (χ2v) is 5.35. The predicted octanol–water partition coefficient (Wildman–Crippen LogP) is 0.160. The van der Waals surface area contributed by atoms with Crippen molar-refractivity contribution >= 4 is 15.7 Å². The molecule has 0 atom stereocenters. The third-order valence-corrected chi connectivity index (χ3v) is 4.01. The number of aliphatic hydroxyl groups excluding tert-OH is 1. The summed E-state index contributed by atoms with van der Waals surface area (Å²) in [5.41, 5.74) is 4.97. The lowest BCUT2D eigenvalue weighted by atomic mass is 10.3. The molecule has 0 aromatic heterocycles. The van der Waals surface area contributed by atoms with Gasteiger partial charge in [-0.25, -0.2) is 17.2 Å². The zero-order valence-electron chi connectivity index (χ0n) is 9.02. The molecule has 1 aromatic carbocycles. The number of halogens is 2. The Bertz CT molecular complexity index is 496. The van der Waals surface area contributed by atoms with Crippen LogP contribution in [0.4, 0.5) is 14.5 Å². The summed E-state index contributed by atoms with van der Waals surface area (Å²) in [6, 6.07) is 1.45. The Morgan fingerprint density at radius 1 is 1.35 bits per heavy atom. The highest BCUT2D eigenvalue weighted by Gasteiger charge is 2.28. The van der Waals surface area contributed by atoms with Crippen molar-refractivity contribution in [3.63, 3.8) is 0 Å². The fourth-order valence-corrected chi connectivity index (χ4v) is 2.49. The van der Waals surface area contributed by atoms with E-state index in [4.69, 9.17) is 10.8 Å². The number of rotatable bonds is 4. The number of nitrogens with two attached hydrogens (primary N) is 1. The van der Waals surface area contributed by atoms with E-state index in [1.54, 1.807) is 0 Å². The summed E-state index contributed by atoms with van der Waals surface area (Å²) in [5, 5.41) is 8.62. The van der Waals surface area contributed by atoms with Crippen LogP contribution in [0.2, 0.25) is 0 Å². The van der Waals surface area contributed by atoms with Crippen LogP contribution in [0.5, 0.6) is 0 Å². The van der Waals surface area contributed by atoms with E-state index in [0.717, 1.165) is 19.2 Å². The van der Waals surface area contributed by atoms with Crippen LogP contribution in [-0.2, 0) is 10.0 Å². The Morgan fingerprint density at radius 2 is 1.82 bits per heavy atom. The van der Waals surface area contributed by atoms with Gasteiger partial charge in [0.15, 0.2) is 4.90 Å². The van der Waals surface area contributed by atoms with Gasteiger partial charge >= 0.3 is 0 Å². The molecule has 0 heterocycles. The molecule has 0 aliphatic rings. The Kier molecular flexibility index (Phi) is 4.02. The Morgan fingerprint density at radius 3 is 2.24 bits per heavy atom. The van der Waals surface area contributed by atoms with Gasteiger partial charge < -0.3 is 10.8 Å². The number of hydrogen-bond acceptors (Lipinski definition) is 4. The Labute approximate surface area is 97.5 Å². The van der Waals surface area contributed by atoms with Crippen molar-refractivity contribution in [2.45, 2.75) is 4.90 Å². The van der Waals surface area contributed by atoms with E-state index in [1.807, 2.05) is 0 Å². The molecule has 17 heavy (non-hydrogen) atoms. The number of nitrogens with zero attached hydrogens (tertiary/aromatic N) is 1. The third kappa shape index (κ3) is 2.71. The number of nitrogen functional groups attached to an aromatic ring is 1. The normalized spacial score (nSPS) is 12.1. The minimum atomic E-state index is -4.31. The van der Waals surface area contributed by atoms with Crippen LogP contribution in [-0.4, -0.2) is 38.0 Å². The van der Waals surface area contributed by atoms with Gasteiger partial charge in [0.05, 0.1) is 6.61 Å². The number of anilines is 1. The number of aliphatic hydroxyl groups is 1. The van der Waals surface area contributed by atoms with Crippen LogP contribution >= 0.6 is 0 Å². The van der Waals surface area contributed by atoms with Gasteiger partial charge in [0.2, 0.25) is 10.0 Å². The van der Waals surface area contributed by atoms with Crippen molar-refractivity contribution in [3.05, 3.63) is 23.8 Å². The van der Waals surface area contributed by atoms with E-state index in [1.165, 1.54) is 0 Å². The standard InChI is InChI=1S/C9H12F2N2O3S/c1-13(2-3-14)17(15,16)9-7(10)4-6(12)5-8(9)11/h4-5,14H,2-3,12H2,1H3. The van der Waals surface area contributed by atoms with E-state index >= 15 is 0 Å². The van der Waals surface area contributed by atoms with Crippen molar-refractivity contribution in [2.75, 3.05) is 25.9 Å². The van der Waals surface area contributed by atoms with Crippen molar-refractivity contribution in [1.29, 1.82) is 0 Å². The molecule has 0 unspecified atom stereocenters. The number of hydrogen-bond donors (Lipinski definition) is 2. The quantitative estimate of drug-likeness (QED) is 0.760.